The molecule has 2 saturated carbocycles. The number of benzene rings is 2. The van der Waals surface area contributed by atoms with E-state index >= 15 is 0 Å². The molecule has 0 spiro atoms. The van der Waals surface area contributed by atoms with Crippen LogP contribution in [0.4, 0.5) is 0 Å². The van der Waals surface area contributed by atoms with Gasteiger partial charge in [0, 0.05) is 17.2 Å². The Morgan fingerprint density at radius 1 is 1.03 bits per heavy atom. The van der Waals surface area contributed by atoms with Gasteiger partial charge in [0.1, 0.15) is 11.5 Å². The third kappa shape index (κ3) is 5.05. The van der Waals surface area contributed by atoms with Crippen LogP contribution in [0.15, 0.2) is 53.5 Å². The summed E-state index contributed by atoms with van der Waals surface area (Å²) in [5.74, 6) is 1.53. The first kappa shape index (κ1) is 19.2. The number of nitrogens with one attached hydrogen (secondary N) is 1. The summed E-state index contributed by atoms with van der Waals surface area (Å²) in [5.41, 5.74) is 3.49. The van der Waals surface area contributed by atoms with Gasteiger partial charge < -0.3 is 14.8 Å². The van der Waals surface area contributed by atoms with Crippen LogP contribution >= 0.6 is 0 Å². The molecule has 0 unspecified atom stereocenters. The quantitative estimate of drug-likeness (QED) is 0.685. The smallest absolute Gasteiger partial charge is 0.251 e. The third-order valence-corrected chi connectivity index (χ3v) is 5.07. The van der Waals surface area contributed by atoms with Gasteiger partial charge in [-0.2, -0.15) is 0 Å². The fraction of sp³-hybridized carbons (Fsp3) is 0.333. The number of carbonyl (C=O) groups is 1. The van der Waals surface area contributed by atoms with Crippen LogP contribution in [0.3, 0.4) is 0 Å². The number of aliphatic imine (C=N–C) groups is 1. The number of methoxy groups -OCH3 is 2. The first-order valence-electron chi connectivity index (χ1n) is 10.1. The number of hydrogen-bond donors (Lipinski definition) is 1. The minimum absolute atomic E-state index is 0.000122. The van der Waals surface area contributed by atoms with E-state index in [4.69, 9.17) is 14.5 Å². The summed E-state index contributed by atoms with van der Waals surface area (Å²) in [4.78, 5) is 17.0. The van der Waals surface area contributed by atoms with Crippen LogP contribution in [-0.4, -0.2) is 37.9 Å². The summed E-state index contributed by atoms with van der Waals surface area (Å²) in [6, 6.07) is 14.1. The van der Waals surface area contributed by atoms with E-state index in [2.05, 4.69) is 5.32 Å². The molecule has 5 heteroatoms. The highest BCUT2D eigenvalue weighted by Gasteiger charge is 2.24. The summed E-state index contributed by atoms with van der Waals surface area (Å²) < 4.78 is 10.9. The zero-order valence-corrected chi connectivity index (χ0v) is 16.9. The molecule has 29 heavy (non-hydrogen) atoms. The molecule has 0 aromatic heterocycles. The number of hydrogen-bond acceptors (Lipinski definition) is 4. The average Bonchev–Trinajstić information content (AvgIpc) is 3.67. The predicted molar refractivity (Wildman–Crippen MR) is 115 cm³/mol. The summed E-state index contributed by atoms with van der Waals surface area (Å²) in [7, 11) is 3.31. The minimum Gasteiger partial charge on any atom is -0.497 e. The van der Waals surface area contributed by atoms with Crippen molar-refractivity contribution in [3.63, 3.8) is 0 Å². The van der Waals surface area contributed by atoms with E-state index in [1.54, 1.807) is 14.2 Å². The van der Waals surface area contributed by atoms with Crippen molar-refractivity contribution in [2.24, 2.45) is 4.99 Å². The standard InChI is InChI=1S/C24H26N2O3/c1-28-20-12-14-23(29-2)21(15-20)22(25-18-8-9-18)13-5-16-3-6-17(7-4-16)24(27)26-19-10-11-19/h3-7,12-15,18-19H,8-11H2,1-2H3,(H,26,27). The summed E-state index contributed by atoms with van der Waals surface area (Å²) in [5, 5.41) is 3.01. The summed E-state index contributed by atoms with van der Waals surface area (Å²) >= 11 is 0. The van der Waals surface area contributed by atoms with Gasteiger partial charge >= 0.3 is 0 Å². The van der Waals surface area contributed by atoms with E-state index in [1.807, 2.05) is 54.6 Å². The normalized spacial score (nSPS) is 16.7. The molecule has 0 atom stereocenters. The number of nitrogens with zero attached hydrogens (tertiary/aromatic N) is 1. The second-order valence-electron chi connectivity index (χ2n) is 7.51. The molecule has 0 heterocycles. The van der Waals surface area contributed by atoms with Crippen molar-refractivity contribution >= 4 is 17.7 Å². The monoisotopic (exact) mass is 390 g/mol. The van der Waals surface area contributed by atoms with Crippen molar-refractivity contribution in [3.05, 3.63) is 65.2 Å². The van der Waals surface area contributed by atoms with Crippen molar-refractivity contribution in [2.75, 3.05) is 14.2 Å². The molecular formula is C24H26N2O3. The van der Waals surface area contributed by atoms with Gasteiger partial charge in [0.05, 0.1) is 26.0 Å². The highest BCUT2D eigenvalue weighted by Crippen LogP contribution is 2.29. The summed E-state index contributed by atoms with van der Waals surface area (Å²) in [6.45, 7) is 0. The lowest BCUT2D eigenvalue weighted by Crippen LogP contribution is -2.25. The molecule has 1 amide bonds. The largest absolute Gasteiger partial charge is 0.497 e. The Kier molecular flexibility index (Phi) is 5.65. The zero-order chi connectivity index (χ0) is 20.2. The summed E-state index contributed by atoms with van der Waals surface area (Å²) in [6.07, 6.45) is 8.44. The number of ether oxygens (including phenoxy) is 2. The van der Waals surface area contributed by atoms with Crippen LogP contribution in [0.1, 0.15) is 47.2 Å². The van der Waals surface area contributed by atoms with Crippen LogP contribution in [0.25, 0.3) is 6.08 Å². The molecule has 2 aromatic rings. The fourth-order valence-corrected chi connectivity index (χ4v) is 3.03. The van der Waals surface area contributed by atoms with Gasteiger partial charge in [-0.1, -0.05) is 18.2 Å². The van der Waals surface area contributed by atoms with E-state index in [0.29, 0.717) is 17.6 Å². The maximum Gasteiger partial charge on any atom is 0.251 e. The van der Waals surface area contributed by atoms with Crippen LogP contribution in [0.2, 0.25) is 0 Å². The molecule has 2 aliphatic rings. The lowest BCUT2D eigenvalue weighted by atomic mass is 10.1. The van der Waals surface area contributed by atoms with Crippen molar-refractivity contribution in [1.29, 1.82) is 0 Å². The van der Waals surface area contributed by atoms with Gasteiger partial charge in [0.25, 0.3) is 5.91 Å². The molecule has 0 radical (unpaired) electrons. The zero-order valence-electron chi connectivity index (χ0n) is 16.9. The second kappa shape index (κ2) is 8.52. The van der Waals surface area contributed by atoms with Gasteiger partial charge in [0.15, 0.2) is 0 Å². The van der Waals surface area contributed by atoms with Gasteiger partial charge in [-0.3, -0.25) is 9.79 Å². The Balaban J connectivity index is 1.56. The van der Waals surface area contributed by atoms with Crippen LogP contribution in [0.5, 0.6) is 11.5 Å². The van der Waals surface area contributed by atoms with Crippen LogP contribution < -0.4 is 14.8 Å². The molecule has 1 N–H and O–H groups in total. The van der Waals surface area contributed by atoms with Gasteiger partial charge in [-0.05, 0) is 67.7 Å². The molecule has 2 aliphatic carbocycles. The van der Waals surface area contributed by atoms with Crippen molar-refractivity contribution < 1.29 is 14.3 Å². The Bertz CT molecular complexity index is 939. The molecule has 2 fully saturated rings. The van der Waals surface area contributed by atoms with E-state index in [1.165, 1.54) is 0 Å². The van der Waals surface area contributed by atoms with Crippen molar-refractivity contribution in [2.45, 2.75) is 37.8 Å². The van der Waals surface area contributed by atoms with E-state index in [0.717, 1.165) is 54.0 Å². The SMILES string of the molecule is COc1ccc(OC)c(C(C=Cc2ccc(C(=O)NC3CC3)cc2)=NC2CC2)c1. The first-order chi connectivity index (χ1) is 14.2. The lowest BCUT2D eigenvalue weighted by molar-refractivity contribution is 0.0951. The molecule has 0 aliphatic heterocycles. The lowest BCUT2D eigenvalue weighted by Gasteiger charge is -2.11. The molecule has 0 saturated heterocycles. The Morgan fingerprint density at radius 2 is 1.79 bits per heavy atom. The number of carbonyl (C=O) groups excluding carboxylic acids is 1. The number of amides is 1. The predicted octanol–water partition coefficient (Wildman–Crippen LogP) is 4.26. The molecular weight excluding hydrogens is 364 g/mol. The Hall–Kier alpha value is -3.08. The van der Waals surface area contributed by atoms with E-state index < -0.39 is 0 Å². The Morgan fingerprint density at radius 3 is 2.41 bits per heavy atom. The minimum atomic E-state index is 0.000122. The average molecular weight is 390 g/mol. The maximum atomic E-state index is 12.1. The van der Waals surface area contributed by atoms with E-state index in [-0.39, 0.29) is 5.91 Å². The molecule has 2 aromatic carbocycles. The van der Waals surface area contributed by atoms with Crippen LogP contribution in [-0.2, 0) is 0 Å². The molecule has 0 bridgehead atoms. The molecule has 5 nitrogen and oxygen atoms in total. The topological polar surface area (TPSA) is 59.9 Å². The van der Waals surface area contributed by atoms with Gasteiger partial charge in [-0.25, -0.2) is 0 Å². The highest BCUT2D eigenvalue weighted by atomic mass is 16.5. The van der Waals surface area contributed by atoms with Crippen LogP contribution in [0, 0.1) is 0 Å². The maximum absolute atomic E-state index is 12.1. The van der Waals surface area contributed by atoms with E-state index in [9.17, 15) is 4.79 Å². The third-order valence-electron chi connectivity index (χ3n) is 5.07. The van der Waals surface area contributed by atoms with Crippen molar-refractivity contribution in [3.8, 4) is 11.5 Å². The Labute approximate surface area is 171 Å². The van der Waals surface area contributed by atoms with Crippen molar-refractivity contribution in [1.82, 2.24) is 5.32 Å². The molecule has 150 valence electrons. The number of rotatable bonds is 8. The second-order valence-corrected chi connectivity index (χ2v) is 7.51. The highest BCUT2D eigenvalue weighted by molar-refractivity contribution is 6.12. The molecule has 4 rings (SSSR count). The first-order valence-corrected chi connectivity index (χ1v) is 10.1. The fourth-order valence-electron chi connectivity index (χ4n) is 3.03. The van der Waals surface area contributed by atoms with Gasteiger partial charge in [0.2, 0.25) is 0 Å². The van der Waals surface area contributed by atoms with Gasteiger partial charge in [-0.15, -0.1) is 0 Å². The number of allylic oxidation sites excluding steroid dienone is 1.